The topological polar surface area (TPSA) is 76.0 Å². The van der Waals surface area contributed by atoms with Gasteiger partial charge in [-0.15, -0.1) is 0 Å². The summed E-state index contributed by atoms with van der Waals surface area (Å²) in [7, 11) is 0. The molecule has 7 heteroatoms. The third kappa shape index (κ3) is 1.41. The van der Waals surface area contributed by atoms with Crippen LogP contribution in [0.4, 0.5) is 0 Å². The van der Waals surface area contributed by atoms with Gasteiger partial charge in [-0.3, -0.25) is 9.20 Å². The molecule has 3 aromatic heterocycles. The van der Waals surface area contributed by atoms with E-state index in [9.17, 15) is 4.79 Å². The highest BCUT2D eigenvalue weighted by atomic mass is 127. The average molecular weight is 337 g/mol. The van der Waals surface area contributed by atoms with E-state index in [1.165, 1.54) is 15.0 Å². The summed E-state index contributed by atoms with van der Waals surface area (Å²) in [5.41, 5.74) is 1.55. The second-order valence-corrected chi connectivity index (χ2v) is 4.36. The molecule has 0 aliphatic rings. The third-order valence-electron chi connectivity index (χ3n) is 2.39. The van der Waals surface area contributed by atoms with Crippen molar-refractivity contribution in [1.29, 1.82) is 5.26 Å². The first-order valence-corrected chi connectivity index (χ1v) is 5.63. The van der Waals surface area contributed by atoms with Crippen molar-refractivity contribution in [2.75, 3.05) is 0 Å². The Morgan fingerprint density at radius 3 is 3.06 bits per heavy atom. The molecule has 0 saturated carbocycles. The first-order chi connectivity index (χ1) is 8.20. The molecule has 82 valence electrons. The maximum atomic E-state index is 11.5. The van der Waals surface area contributed by atoms with Gasteiger partial charge in [0, 0.05) is 18.5 Å². The van der Waals surface area contributed by atoms with E-state index in [4.69, 9.17) is 5.26 Å². The highest BCUT2D eigenvalue weighted by Crippen LogP contribution is 2.15. The minimum absolute atomic E-state index is 0.145. The van der Waals surface area contributed by atoms with Crippen LogP contribution in [-0.2, 0) is 0 Å². The SMILES string of the molecule is N#Cc1cnc2nc3n(I)c(=O)ccn3c2c1. The van der Waals surface area contributed by atoms with E-state index >= 15 is 0 Å². The van der Waals surface area contributed by atoms with Crippen LogP contribution in [0.15, 0.2) is 29.3 Å². The maximum Gasteiger partial charge on any atom is 0.263 e. The van der Waals surface area contributed by atoms with Crippen molar-refractivity contribution in [3.8, 4) is 6.07 Å². The number of rotatable bonds is 0. The molecule has 3 aromatic rings. The van der Waals surface area contributed by atoms with Gasteiger partial charge in [0.15, 0.2) is 5.65 Å². The molecule has 0 fully saturated rings. The van der Waals surface area contributed by atoms with Crippen LogP contribution in [0.3, 0.4) is 0 Å². The summed E-state index contributed by atoms with van der Waals surface area (Å²) in [4.78, 5) is 19.8. The van der Waals surface area contributed by atoms with E-state index in [-0.39, 0.29) is 5.56 Å². The zero-order valence-electron chi connectivity index (χ0n) is 8.33. The molecule has 0 atom stereocenters. The van der Waals surface area contributed by atoms with Gasteiger partial charge in [-0.2, -0.15) is 10.2 Å². The molecular weight excluding hydrogens is 333 g/mol. The van der Waals surface area contributed by atoms with E-state index < -0.39 is 0 Å². The van der Waals surface area contributed by atoms with Gasteiger partial charge in [-0.05, 0) is 6.07 Å². The molecular formula is C10H4IN5O. The van der Waals surface area contributed by atoms with Gasteiger partial charge in [0.1, 0.15) is 6.07 Å². The zero-order chi connectivity index (χ0) is 12.0. The van der Waals surface area contributed by atoms with Gasteiger partial charge in [0.05, 0.1) is 33.9 Å². The molecule has 17 heavy (non-hydrogen) atoms. The predicted octanol–water partition coefficient (Wildman–Crippen LogP) is 1.11. The summed E-state index contributed by atoms with van der Waals surface area (Å²) in [6.45, 7) is 0. The molecule has 0 saturated heterocycles. The van der Waals surface area contributed by atoms with E-state index in [1.807, 2.05) is 28.9 Å². The second-order valence-electron chi connectivity index (χ2n) is 3.40. The van der Waals surface area contributed by atoms with Crippen molar-refractivity contribution in [3.05, 3.63) is 40.4 Å². The van der Waals surface area contributed by atoms with E-state index in [2.05, 4.69) is 9.97 Å². The van der Waals surface area contributed by atoms with Crippen molar-refractivity contribution in [3.63, 3.8) is 0 Å². The minimum atomic E-state index is -0.145. The van der Waals surface area contributed by atoms with Gasteiger partial charge in [0.25, 0.3) is 5.56 Å². The number of nitrogens with zero attached hydrogens (tertiary/aromatic N) is 5. The summed E-state index contributed by atoms with van der Waals surface area (Å²) >= 11 is 1.88. The Hall–Kier alpha value is -1.95. The van der Waals surface area contributed by atoms with Gasteiger partial charge in [0.2, 0.25) is 5.78 Å². The van der Waals surface area contributed by atoms with Gasteiger partial charge < -0.3 is 0 Å². The molecule has 3 heterocycles. The Morgan fingerprint density at radius 1 is 1.47 bits per heavy atom. The van der Waals surface area contributed by atoms with Crippen LogP contribution in [0, 0.1) is 11.3 Å². The summed E-state index contributed by atoms with van der Waals surface area (Å²) in [6, 6.07) is 5.17. The molecule has 0 aromatic carbocycles. The fourth-order valence-electron chi connectivity index (χ4n) is 1.61. The predicted molar refractivity (Wildman–Crippen MR) is 68.9 cm³/mol. The zero-order valence-corrected chi connectivity index (χ0v) is 10.5. The summed E-state index contributed by atoms with van der Waals surface area (Å²) in [5, 5.41) is 8.83. The molecule has 0 bridgehead atoms. The van der Waals surface area contributed by atoms with E-state index in [0.29, 0.717) is 22.5 Å². The number of nitriles is 1. The molecule has 0 radical (unpaired) electrons. The van der Waals surface area contributed by atoms with Crippen LogP contribution in [-0.4, -0.2) is 17.1 Å². The van der Waals surface area contributed by atoms with Crippen molar-refractivity contribution < 1.29 is 0 Å². The van der Waals surface area contributed by atoms with Crippen LogP contribution in [0.5, 0.6) is 0 Å². The van der Waals surface area contributed by atoms with E-state index in [0.717, 1.165) is 0 Å². The molecule has 3 rings (SSSR count). The largest absolute Gasteiger partial charge is 0.283 e. The molecule has 0 spiro atoms. The molecule has 0 aliphatic carbocycles. The highest BCUT2D eigenvalue weighted by Gasteiger charge is 2.09. The first kappa shape index (κ1) is 10.2. The van der Waals surface area contributed by atoms with Crippen LogP contribution >= 0.6 is 22.9 Å². The molecule has 6 nitrogen and oxygen atoms in total. The third-order valence-corrected chi connectivity index (χ3v) is 3.30. The lowest BCUT2D eigenvalue weighted by Crippen LogP contribution is -2.12. The number of imidazole rings is 1. The summed E-state index contributed by atoms with van der Waals surface area (Å²) in [6.07, 6.45) is 3.09. The average Bonchev–Trinajstić information content (AvgIpc) is 2.72. The molecule has 0 aliphatic heterocycles. The van der Waals surface area contributed by atoms with Crippen LogP contribution in [0.2, 0.25) is 0 Å². The first-order valence-electron chi connectivity index (χ1n) is 4.67. The number of aromatic nitrogens is 4. The van der Waals surface area contributed by atoms with Gasteiger partial charge >= 0.3 is 0 Å². The van der Waals surface area contributed by atoms with Gasteiger partial charge in [-0.25, -0.2) is 7.76 Å². The number of halogens is 1. The summed E-state index contributed by atoms with van der Waals surface area (Å²) < 4.78 is 3.14. The Balaban J connectivity index is 2.56. The van der Waals surface area contributed by atoms with Crippen molar-refractivity contribution >= 4 is 39.8 Å². The molecule has 0 amide bonds. The number of pyridine rings is 1. The van der Waals surface area contributed by atoms with Gasteiger partial charge in [-0.1, -0.05) is 0 Å². The van der Waals surface area contributed by atoms with Crippen LogP contribution in [0.25, 0.3) is 16.9 Å². The number of hydrogen-bond acceptors (Lipinski definition) is 4. The lowest BCUT2D eigenvalue weighted by Gasteiger charge is -1.97. The molecule has 0 unspecified atom stereocenters. The molecule has 0 N–H and O–H groups in total. The lowest BCUT2D eigenvalue weighted by atomic mass is 10.3. The number of hydrogen-bond donors (Lipinski definition) is 0. The smallest absolute Gasteiger partial charge is 0.263 e. The normalized spacial score (nSPS) is 10.8. The minimum Gasteiger partial charge on any atom is -0.283 e. The van der Waals surface area contributed by atoms with E-state index in [1.54, 1.807) is 16.7 Å². The number of fused-ring (bicyclic) bond motifs is 3. The Kier molecular flexibility index (Phi) is 2.12. The quantitative estimate of drug-likeness (QED) is 0.576. The highest BCUT2D eigenvalue weighted by molar-refractivity contribution is 14.1. The second kappa shape index (κ2) is 3.53. The maximum absolute atomic E-state index is 11.5. The lowest BCUT2D eigenvalue weighted by molar-refractivity contribution is 1.08. The standard InChI is InChI=1S/C10H4IN5O/c11-16-8(17)1-2-15-7-3-6(4-12)5-13-9(7)14-10(15)16/h1-3,5H. The monoisotopic (exact) mass is 337 g/mol. The van der Waals surface area contributed by atoms with Crippen molar-refractivity contribution in [1.82, 2.24) is 17.1 Å². The van der Waals surface area contributed by atoms with Crippen LogP contribution in [0.1, 0.15) is 5.56 Å². The van der Waals surface area contributed by atoms with Crippen molar-refractivity contribution in [2.45, 2.75) is 0 Å². The fraction of sp³-hybridized carbons (Fsp3) is 0. The summed E-state index contributed by atoms with van der Waals surface area (Å²) in [5.74, 6) is 0.496. The Labute approximate surface area is 109 Å². The fourth-order valence-corrected chi connectivity index (χ4v) is 2.12. The van der Waals surface area contributed by atoms with Crippen molar-refractivity contribution in [2.24, 2.45) is 0 Å². The Bertz CT molecular complexity index is 841. The van der Waals surface area contributed by atoms with Crippen LogP contribution < -0.4 is 5.56 Å². The Morgan fingerprint density at radius 2 is 2.29 bits per heavy atom.